The van der Waals surface area contributed by atoms with E-state index in [0.29, 0.717) is 12.8 Å². The molecule has 0 bridgehead atoms. The van der Waals surface area contributed by atoms with E-state index in [1.807, 2.05) is 4.90 Å². The summed E-state index contributed by atoms with van der Waals surface area (Å²) in [6, 6.07) is 2.97. The molecule has 0 radical (unpaired) electrons. The molecule has 0 aromatic carbocycles. The van der Waals surface area contributed by atoms with Crippen molar-refractivity contribution in [3.05, 3.63) is 23.4 Å². The zero-order valence-corrected chi connectivity index (χ0v) is 17.5. The maximum atomic E-state index is 13.2. The van der Waals surface area contributed by atoms with Crippen molar-refractivity contribution < 1.29 is 27.8 Å². The van der Waals surface area contributed by atoms with Crippen LogP contribution in [-0.4, -0.2) is 45.7 Å². The van der Waals surface area contributed by atoms with Gasteiger partial charge in [0.05, 0.1) is 5.60 Å². The lowest BCUT2D eigenvalue weighted by Gasteiger charge is -2.55. The van der Waals surface area contributed by atoms with Crippen LogP contribution in [0.3, 0.4) is 0 Å². The van der Waals surface area contributed by atoms with Gasteiger partial charge in [0.15, 0.2) is 5.69 Å². The summed E-state index contributed by atoms with van der Waals surface area (Å²) in [4.78, 5) is 18.1. The first-order chi connectivity index (χ1) is 14.0. The van der Waals surface area contributed by atoms with Crippen LogP contribution in [0.15, 0.2) is 12.1 Å². The lowest BCUT2D eigenvalue weighted by atomic mass is 9.66. The molecule has 1 aromatic rings. The van der Waals surface area contributed by atoms with Crippen molar-refractivity contribution in [1.29, 1.82) is 0 Å². The number of halogens is 3. The number of aromatic nitrogens is 1. The third kappa shape index (κ3) is 4.15. The third-order valence-electron chi connectivity index (χ3n) is 6.97. The Kier molecular flexibility index (Phi) is 5.27. The quantitative estimate of drug-likeness (QED) is 0.791. The monoisotopic (exact) mass is 426 g/mol. The molecule has 1 aromatic heterocycles. The van der Waals surface area contributed by atoms with Crippen molar-refractivity contribution in [2.24, 2.45) is 11.3 Å². The van der Waals surface area contributed by atoms with Crippen LogP contribution in [-0.2, 0) is 17.4 Å². The van der Waals surface area contributed by atoms with Gasteiger partial charge in [-0.05, 0) is 57.4 Å². The lowest BCUT2D eigenvalue weighted by Crippen LogP contribution is -2.63. The molecule has 8 heteroatoms. The van der Waals surface area contributed by atoms with Crippen LogP contribution in [0.4, 0.5) is 13.2 Å². The first-order valence-corrected chi connectivity index (χ1v) is 10.8. The summed E-state index contributed by atoms with van der Waals surface area (Å²) >= 11 is 0. The molecule has 3 aliphatic rings. The van der Waals surface area contributed by atoms with E-state index >= 15 is 0 Å². The van der Waals surface area contributed by atoms with E-state index in [2.05, 4.69) is 4.98 Å². The highest BCUT2D eigenvalue weighted by Gasteiger charge is 2.51. The summed E-state index contributed by atoms with van der Waals surface area (Å²) < 4.78 is 45.4. The van der Waals surface area contributed by atoms with E-state index in [-0.39, 0.29) is 41.2 Å². The van der Waals surface area contributed by atoms with Gasteiger partial charge in [0.2, 0.25) is 11.8 Å². The average Bonchev–Trinajstić information content (AvgIpc) is 2.63. The van der Waals surface area contributed by atoms with Gasteiger partial charge in [0, 0.05) is 30.5 Å². The van der Waals surface area contributed by atoms with Gasteiger partial charge < -0.3 is 14.7 Å². The number of aliphatic hydroxyl groups is 1. The Bertz CT molecular complexity index is 800. The van der Waals surface area contributed by atoms with E-state index in [1.54, 1.807) is 13.8 Å². The first kappa shape index (κ1) is 21.4. The van der Waals surface area contributed by atoms with Gasteiger partial charge in [-0.3, -0.25) is 4.79 Å². The van der Waals surface area contributed by atoms with Crippen LogP contribution in [0.25, 0.3) is 0 Å². The van der Waals surface area contributed by atoms with Crippen molar-refractivity contribution in [2.45, 2.75) is 76.7 Å². The Balaban J connectivity index is 1.28. The number of carbonyl (C=O) groups is 1. The minimum atomic E-state index is -4.49. The summed E-state index contributed by atoms with van der Waals surface area (Å²) in [5, 5.41) is 9.84. The van der Waals surface area contributed by atoms with Crippen LogP contribution in [0, 0.1) is 11.3 Å². The third-order valence-corrected chi connectivity index (χ3v) is 6.97. The minimum Gasteiger partial charge on any atom is -0.474 e. The van der Waals surface area contributed by atoms with Crippen molar-refractivity contribution >= 4 is 5.91 Å². The second-order valence-corrected chi connectivity index (χ2v) is 9.62. The molecule has 2 heterocycles. The van der Waals surface area contributed by atoms with Crippen molar-refractivity contribution in [3.63, 3.8) is 0 Å². The smallest absolute Gasteiger partial charge is 0.433 e. The summed E-state index contributed by atoms with van der Waals surface area (Å²) in [5.74, 6) is 0.116. The standard InChI is InChI=1S/C22H29F3N2O3/c1-3-14-4-5-17(26-18(14)22(23,24)25)30-16-6-8-21(9-7-16)12-27(13-21)19(28)15-10-20(2,29)11-15/h4-5,15-16,29H,3,6-13H2,1-2H3/t15-,20+. The predicted octanol–water partition coefficient (Wildman–Crippen LogP) is 3.97. The summed E-state index contributed by atoms with van der Waals surface area (Å²) in [6.45, 7) is 4.91. The van der Waals surface area contributed by atoms with Crippen molar-refractivity contribution in [3.8, 4) is 5.88 Å². The van der Waals surface area contributed by atoms with Gasteiger partial charge in [-0.1, -0.05) is 13.0 Å². The second kappa shape index (κ2) is 7.39. The minimum absolute atomic E-state index is 0.0305. The Labute approximate surface area is 174 Å². The van der Waals surface area contributed by atoms with E-state index in [0.717, 1.165) is 38.8 Å². The number of alkyl halides is 3. The highest BCUT2D eigenvalue weighted by atomic mass is 19.4. The van der Waals surface area contributed by atoms with Crippen molar-refractivity contribution in [1.82, 2.24) is 9.88 Å². The van der Waals surface area contributed by atoms with Gasteiger partial charge in [-0.25, -0.2) is 4.98 Å². The fourth-order valence-electron chi connectivity index (χ4n) is 5.23. The zero-order valence-electron chi connectivity index (χ0n) is 17.5. The van der Waals surface area contributed by atoms with Gasteiger partial charge >= 0.3 is 6.18 Å². The number of pyridine rings is 1. The molecule has 2 saturated carbocycles. The molecule has 2 aliphatic carbocycles. The molecule has 1 amide bonds. The fourth-order valence-corrected chi connectivity index (χ4v) is 5.23. The van der Waals surface area contributed by atoms with Gasteiger partial charge in [-0.2, -0.15) is 13.2 Å². The maximum Gasteiger partial charge on any atom is 0.433 e. The Hall–Kier alpha value is -1.83. The summed E-state index contributed by atoms with van der Waals surface area (Å²) in [6.07, 6.45) is -0.0186. The molecule has 30 heavy (non-hydrogen) atoms. The van der Waals surface area contributed by atoms with Gasteiger partial charge in [0.1, 0.15) is 6.10 Å². The summed E-state index contributed by atoms with van der Waals surface area (Å²) in [5.41, 5.74) is -1.28. The van der Waals surface area contributed by atoms with Crippen LogP contribution < -0.4 is 4.74 Å². The SMILES string of the molecule is CCc1ccc(OC2CCC3(CC2)CN(C(=O)[C@H]2C[C@@](C)(O)C2)C3)nc1C(F)(F)F. The second-order valence-electron chi connectivity index (χ2n) is 9.62. The highest BCUT2D eigenvalue weighted by Crippen LogP contribution is 2.47. The molecule has 0 unspecified atom stereocenters. The number of nitrogens with zero attached hydrogens (tertiary/aromatic N) is 2. The molecule has 166 valence electrons. The normalized spacial score (nSPS) is 28.7. The molecular formula is C22H29F3N2O3. The number of hydrogen-bond acceptors (Lipinski definition) is 4. The maximum absolute atomic E-state index is 13.2. The lowest BCUT2D eigenvalue weighted by molar-refractivity contribution is -0.164. The molecule has 5 nitrogen and oxygen atoms in total. The zero-order chi connectivity index (χ0) is 21.7. The van der Waals surface area contributed by atoms with Gasteiger partial charge in [-0.15, -0.1) is 0 Å². The topological polar surface area (TPSA) is 62.7 Å². The largest absolute Gasteiger partial charge is 0.474 e. The number of ether oxygens (including phenoxy) is 1. The number of hydrogen-bond donors (Lipinski definition) is 1. The Morgan fingerprint density at radius 1 is 1.27 bits per heavy atom. The fraction of sp³-hybridized carbons (Fsp3) is 0.727. The van der Waals surface area contributed by atoms with Crippen LogP contribution >= 0.6 is 0 Å². The molecule has 1 saturated heterocycles. The van der Waals surface area contributed by atoms with Crippen LogP contribution in [0.1, 0.15) is 63.6 Å². The average molecular weight is 426 g/mol. The van der Waals surface area contributed by atoms with Gasteiger partial charge in [0.25, 0.3) is 0 Å². The number of likely N-dealkylation sites (tertiary alicyclic amines) is 1. The molecular weight excluding hydrogens is 397 g/mol. The molecule has 1 spiro atoms. The van der Waals surface area contributed by atoms with Crippen molar-refractivity contribution in [2.75, 3.05) is 13.1 Å². The number of aryl methyl sites for hydroxylation is 1. The first-order valence-electron chi connectivity index (χ1n) is 10.8. The van der Waals surface area contributed by atoms with Crippen LogP contribution in [0.2, 0.25) is 0 Å². The molecule has 1 aliphatic heterocycles. The molecule has 0 atom stereocenters. The van der Waals surface area contributed by atoms with E-state index in [1.165, 1.54) is 12.1 Å². The molecule has 1 N–H and O–H groups in total. The molecule has 4 rings (SSSR count). The molecule has 3 fully saturated rings. The number of carbonyl (C=O) groups excluding carboxylic acids is 1. The van der Waals surface area contributed by atoms with E-state index in [9.17, 15) is 23.1 Å². The number of amides is 1. The predicted molar refractivity (Wildman–Crippen MR) is 104 cm³/mol. The van der Waals surface area contributed by atoms with E-state index in [4.69, 9.17) is 4.74 Å². The Morgan fingerprint density at radius 3 is 2.43 bits per heavy atom. The highest BCUT2D eigenvalue weighted by molar-refractivity contribution is 5.81. The number of rotatable bonds is 4. The summed E-state index contributed by atoms with van der Waals surface area (Å²) in [7, 11) is 0. The van der Waals surface area contributed by atoms with E-state index < -0.39 is 17.5 Å². The Morgan fingerprint density at radius 2 is 1.90 bits per heavy atom. The van der Waals surface area contributed by atoms with Crippen LogP contribution in [0.5, 0.6) is 5.88 Å².